The predicted molar refractivity (Wildman–Crippen MR) is 88.8 cm³/mol. The highest BCUT2D eigenvalue weighted by Crippen LogP contribution is 2.33. The SMILES string of the molecule is O=C1CC(c2nc(-c3cccs3)no2)CN1c1cccc(Cl)c1. The zero-order chi connectivity index (χ0) is 15.8. The summed E-state index contributed by atoms with van der Waals surface area (Å²) in [6.07, 6.45) is 0.360. The van der Waals surface area contributed by atoms with E-state index in [1.165, 1.54) is 0 Å². The highest BCUT2D eigenvalue weighted by molar-refractivity contribution is 7.13. The van der Waals surface area contributed by atoms with E-state index < -0.39 is 0 Å². The van der Waals surface area contributed by atoms with Crippen molar-refractivity contribution in [2.45, 2.75) is 12.3 Å². The molecule has 7 heteroatoms. The second-order valence-corrected chi connectivity index (χ2v) is 6.70. The first-order valence-electron chi connectivity index (χ1n) is 7.14. The molecule has 0 spiro atoms. The Morgan fingerprint density at radius 1 is 1.30 bits per heavy atom. The summed E-state index contributed by atoms with van der Waals surface area (Å²) in [5.74, 6) is 1.02. The zero-order valence-electron chi connectivity index (χ0n) is 12.0. The second-order valence-electron chi connectivity index (χ2n) is 5.32. The molecule has 4 rings (SSSR count). The topological polar surface area (TPSA) is 59.2 Å². The molecule has 0 bridgehead atoms. The Kier molecular flexibility index (Phi) is 3.63. The van der Waals surface area contributed by atoms with Crippen molar-refractivity contribution in [2.24, 2.45) is 0 Å². The number of rotatable bonds is 3. The molecule has 1 amide bonds. The van der Waals surface area contributed by atoms with E-state index in [0.717, 1.165) is 10.6 Å². The van der Waals surface area contributed by atoms with Crippen molar-refractivity contribution >= 4 is 34.5 Å². The fourth-order valence-corrected chi connectivity index (χ4v) is 3.51. The van der Waals surface area contributed by atoms with Crippen molar-refractivity contribution in [1.82, 2.24) is 10.1 Å². The van der Waals surface area contributed by atoms with Gasteiger partial charge in [0.2, 0.25) is 17.6 Å². The number of hydrogen-bond acceptors (Lipinski definition) is 5. The summed E-state index contributed by atoms with van der Waals surface area (Å²) < 4.78 is 5.37. The van der Waals surface area contributed by atoms with Crippen LogP contribution >= 0.6 is 22.9 Å². The minimum Gasteiger partial charge on any atom is -0.339 e. The van der Waals surface area contributed by atoms with Crippen molar-refractivity contribution in [3.05, 3.63) is 52.7 Å². The summed E-state index contributed by atoms with van der Waals surface area (Å²) in [7, 11) is 0. The van der Waals surface area contributed by atoms with Crippen LogP contribution in [0.2, 0.25) is 5.02 Å². The van der Waals surface area contributed by atoms with Gasteiger partial charge in [-0.2, -0.15) is 4.98 Å². The Bertz CT molecular complexity index is 847. The molecule has 0 saturated carbocycles. The minimum absolute atomic E-state index is 0.0353. The van der Waals surface area contributed by atoms with Gasteiger partial charge in [0.05, 0.1) is 10.8 Å². The molecule has 0 aliphatic carbocycles. The second kappa shape index (κ2) is 5.79. The third-order valence-electron chi connectivity index (χ3n) is 3.78. The van der Waals surface area contributed by atoms with Gasteiger partial charge in [0.25, 0.3) is 0 Å². The van der Waals surface area contributed by atoms with Crippen LogP contribution in [0.15, 0.2) is 46.3 Å². The molecule has 1 aliphatic rings. The Morgan fingerprint density at radius 2 is 2.22 bits per heavy atom. The smallest absolute Gasteiger partial charge is 0.232 e. The number of aromatic nitrogens is 2. The molecule has 1 aromatic carbocycles. The monoisotopic (exact) mass is 345 g/mol. The summed E-state index contributed by atoms with van der Waals surface area (Å²) in [6.45, 7) is 0.519. The maximum atomic E-state index is 12.3. The third kappa shape index (κ3) is 2.75. The Balaban J connectivity index is 1.57. The molecule has 1 saturated heterocycles. The van der Waals surface area contributed by atoms with Gasteiger partial charge in [-0.05, 0) is 29.6 Å². The van der Waals surface area contributed by atoms with E-state index >= 15 is 0 Å². The molecule has 1 atom stereocenters. The molecule has 3 aromatic rings. The Labute approximate surface area is 141 Å². The normalized spacial score (nSPS) is 17.9. The minimum atomic E-state index is -0.0947. The molecule has 5 nitrogen and oxygen atoms in total. The number of halogens is 1. The van der Waals surface area contributed by atoms with Crippen LogP contribution in [0.5, 0.6) is 0 Å². The van der Waals surface area contributed by atoms with Gasteiger partial charge in [0.1, 0.15) is 0 Å². The van der Waals surface area contributed by atoms with E-state index in [1.54, 1.807) is 28.4 Å². The largest absolute Gasteiger partial charge is 0.339 e. The molecule has 1 fully saturated rings. The summed E-state index contributed by atoms with van der Waals surface area (Å²) in [6, 6.07) is 11.2. The van der Waals surface area contributed by atoms with E-state index in [-0.39, 0.29) is 11.8 Å². The van der Waals surface area contributed by atoms with Crippen molar-refractivity contribution in [1.29, 1.82) is 0 Å². The van der Waals surface area contributed by atoms with E-state index in [0.29, 0.717) is 29.7 Å². The predicted octanol–water partition coefficient (Wildman–Crippen LogP) is 3.97. The summed E-state index contributed by atoms with van der Waals surface area (Å²) >= 11 is 7.56. The number of benzene rings is 1. The molecule has 23 heavy (non-hydrogen) atoms. The quantitative estimate of drug-likeness (QED) is 0.720. The molecule has 0 N–H and O–H groups in total. The number of nitrogens with zero attached hydrogens (tertiary/aromatic N) is 3. The molecular formula is C16H12ClN3O2S. The van der Waals surface area contributed by atoms with E-state index in [2.05, 4.69) is 10.1 Å². The van der Waals surface area contributed by atoms with Crippen LogP contribution in [0.3, 0.4) is 0 Å². The van der Waals surface area contributed by atoms with E-state index in [1.807, 2.05) is 29.6 Å². The lowest BCUT2D eigenvalue weighted by Gasteiger charge is -2.16. The number of hydrogen-bond donors (Lipinski definition) is 0. The summed E-state index contributed by atoms with van der Waals surface area (Å²) in [4.78, 5) is 19.4. The van der Waals surface area contributed by atoms with Crippen LogP contribution in [0.1, 0.15) is 18.2 Å². The van der Waals surface area contributed by atoms with Crippen LogP contribution < -0.4 is 4.90 Å². The number of thiophene rings is 1. The standard InChI is InChI=1S/C16H12ClN3O2S/c17-11-3-1-4-12(8-11)20-9-10(7-14(20)21)16-18-15(19-22-16)13-5-2-6-23-13/h1-6,8,10H,7,9H2. The van der Waals surface area contributed by atoms with Gasteiger partial charge < -0.3 is 9.42 Å². The van der Waals surface area contributed by atoms with Gasteiger partial charge >= 0.3 is 0 Å². The molecule has 116 valence electrons. The molecule has 0 radical (unpaired) electrons. The van der Waals surface area contributed by atoms with Crippen LogP contribution in [0, 0.1) is 0 Å². The number of carbonyl (C=O) groups is 1. The zero-order valence-corrected chi connectivity index (χ0v) is 13.5. The van der Waals surface area contributed by atoms with Gasteiger partial charge in [-0.15, -0.1) is 11.3 Å². The van der Waals surface area contributed by atoms with Gasteiger partial charge in [0, 0.05) is 23.7 Å². The van der Waals surface area contributed by atoms with Crippen LogP contribution in [-0.2, 0) is 4.79 Å². The fourth-order valence-electron chi connectivity index (χ4n) is 2.67. The molecule has 3 heterocycles. The van der Waals surface area contributed by atoms with Crippen LogP contribution in [0.25, 0.3) is 10.7 Å². The average molecular weight is 346 g/mol. The number of anilines is 1. The van der Waals surface area contributed by atoms with Crippen molar-refractivity contribution in [3.63, 3.8) is 0 Å². The van der Waals surface area contributed by atoms with Crippen molar-refractivity contribution in [3.8, 4) is 10.7 Å². The van der Waals surface area contributed by atoms with Crippen molar-refractivity contribution < 1.29 is 9.32 Å². The molecule has 1 unspecified atom stereocenters. The van der Waals surface area contributed by atoms with Crippen LogP contribution in [-0.4, -0.2) is 22.6 Å². The van der Waals surface area contributed by atoms with Crippen molar-refractivity contribution in [2.75, 3.05) is 11.4 Å². The highest BCUT2D eigenvalue weighted by atomic mass is 35.5. The number of amides is 1. The molecule has 1 aliphatic heterocycles. The van der Waals surface area contributed by atoms with E-state index in [9.17, 15) is 4.79 Å². The first-order chi connectivity index (χ1) is 11.2. The average Bonchev–Trinajstić information content (AvgIpc) is 3.27. The Hall–Kier alpha value is -2.18. The molecular weight excluding hydrogens is 334 g/mol. The van der Waals surface area contributed by atoms with Crippen LogP contribution in [0.4, 0.5) is 5.69 Å². The summed E-state index contributed by atoms with van der Waals surface area (Å²) in [5.41, 5.74) is 0.794. The fraction of sp³-hybridized carbons (Fsp3) is 0.188. The van der Waals surface area contributed by atoms with Gasteiger partial charge in [-0.3, -0.25) is 4.79 Å². The maximum Gasteiger partial charge on any atom is 0.232 e. The van der Waals surface area contributed by atoms with Gasteiger partial charge in [-0.25, -0.2) is 0 Å². The first kappa shape index (κ1) is 14.4. The van der Waals surface area contributed by atoms with Gasteiger partial charge in [0.15, 0.2) is 0 Å². The third-order valence-corrected chi connectivity index (χ3v) is 4.88. The first-order valence-corrected chi connectivity index (χ1v) is 8.40. The van der Waals surface area contributed by atoms with Gasteiger partial charge in [-0.1, -0.05) is 28.9 Å². The lowest BCUT2D eigenvalue weighted by Crippen LogP contribution is -2.24. The molecule has 2 aromatic heterocycles. The number of carbonyl (C=O) groups excluding carboxylic acids is 1. The van der Waals surface area contributed by atoms with E-state index in [4.69, 9.17) is 16.1 Å². The summed E-state index contributed by atoms with van der Waals surface area (Å²) in [5, 5.41) is 6.59. The lowest BCUT2D eigenvalue weighted by atomic mass is 10.1. The maximum absolute atomic E-state index is 12.3. The Morgan fingerprint density at radius 3 is 3.00 bits per heavy atom. The highest BCUT2D eigenvalue weighted by Gasteiger charge is 2.35. The lowest BCUT2D eigenvalue weighted by molar-refractivity contribution is -0.117.